The van der Waals surface area contributed by atoms with Crippen LogP contribution in [0.5, 0.6) is 5.75 Å². The molecule has 1 saturated heterocycles. The smallest absolute Gasteiger partial charge is 0.305 e. The standard InChI is InChI=1S/C27H33FN2O5S2/c1-34-20-5-6-23-21(15-20)26(22(28)16-29-23)27(32,33)9-7-18-8-10-30(17-19(18)14-24(31)35-2)11-13-37-25-4-3-12-36-25/h3-6,12,15-16,18-19,32-33H,7-11,13-14,17H2,1-2H3/t18-,19-/m0/s1. The lowest BCUT2D eigenvalue weighted by Gasteiger charge is -2.39. The summed E-state index contributed by atoms with van der Waals surface area (Å²) in [4.78, 5) is 18.6. The molecule has 37 heavy (non-hydrogen) atoms. The largest absolute Gasteiger partial charge is 0.497 e. The van der Waals surface area contributed by atoms with Gasteiger partial charge in [0, 0.05) is 37.1 Å². The van der Waals surface area contributed by atoms with E-state index < -0.39 is 11.6 Å². The second-order valence-electron chi connectivity index (χ2n) is 9.39. The minimum Gasteiger partial charge on any atom is -0.497 e. The quantitative estimate of drug-likeness (QED) is 0.203. The Morgan fingerprint density at radius 2 is 2.14 bits per heavy atom. The van der Waals surface area contributed by atoms with Crippen LogP contribution < -0.4 is 4.74 Å². The molecule has 1 fully saturated rings. The number of fused-ring (bicyclic) bond motifs is 1. The summed E-state index contributed by atoms with van der Waals surface area (Å²) in [7, 11) is 2.88. The van der Waals surface area contributed by atoms with Crippen LogP contribution in [-0.2, 0) is 15.3 Å². The first kappa shape index (κ1) is 27.8. The lowest BCUT2D eigenvalue weighted by molar-refractivity contribution is -0.179. The van der Waals surface area contributed by atoms with Crippen LogP contribution >= 0.6 is 23.1 Å². The Bertz CT molecular complexity index is 1190. The number of pyridine rings is 1. The highest BCUT2D eigenvalue weighted by Crippen LogP contribution is 2.38. The van der Waals surface area contributed by atoms with Gasteiger partial charge in [-0.15, -0.1) is 23.1 Å². The van der Waals surface area contributed by atoms with Crippen LogP contribution in [0.25, 0.3) is 10.9 Å². The molecule has 2 atom stereocenters. The highest BCUT2D eigenvalue weighted by molar-refractivity contribution is 8.01. The molecule has 0 aliphatic carbocycles. The van der Waals surface area contributed by atoms with Crippen molar-refractivity contribution in [3.63, 3.8) is 0 Å². The summed E-state index contributed by atoms with van der Waals surface area (Å²) in [6.07, 6.45) is 2.45. The molecule has 1 aromatic carbocycles. The summed E-state index contributed by atoms with van der Waals surface area (Å²) < 4.78 is 26.4. The Morgan fingerprint density at radius 1 is 1.30 bits per heavy atom. The third kappa shape index (κ3) is 7.00. The number of rotatable bonds is 11. The highest BCUT2D eigenvalue weighted by Gasteiger charge is 2.36. The van der Waals surface area contributed by atoms with Gasteiger partial charge in [-0.2, -0.15) is 0 Å². The molecule has 0 spiro atoms. The van der Waals surface area contributed by atoms with E-state index in [9.17, 15) is 19.4 Å². The van der Waals surface area contributed by atoms with Gasteiger partial charge in [0.2, 0.25) is 0 Å². The van der Waals surface area contributed by atoms with E-state index in [-0.39, 0.29) is 36.2 Å². The number of ether oxygens (including phenoxy) is 2. The maximum absolute atomic E-state index is 14.9. The van der Waals surface area contributed by atoms with E-state index in [2.05, 4.69) is 21.3 Å². The Balaban J connectivity index is 1.44. The van der Waals surface area contributed by atoms with E-state index in [4.69, 9.17) is 9.47 Å². The van der Waals surface area contributed by atoms with Crippen molar-refractivity contribution >= 4 is 40.0 Å². The van der Waals surface area contributed by atoms with Crippen LogP contribution in [0.2, 0.25) is 0 Å². The molecule has 0 bridgehead atoms. The molecule has 2 N–H and O–H groups in total. The highest BCUT2D eigenvalue weighted by atomic mass is 32.2. The number of benzene rings is 1. The Labute approximate surface area is 224 Å². The van der Waals surface area contributed by atoms with Crippen molar-refractivity contribution in [2.45, 2.75) is 35.7 Å². The van der Waals surface area contributed by atoms with Crippen molar-refractivity contribution in [3.8, 4) is 5.75 Å². The van der Waals surface area contributed by atoms with Crippen LogP contribution in [0.3, 0.4) is 0 Å². The second kappa shape index (κ2) is 12.5. The van der Waals surface area contributed by atoms with Crippen molar-refractivity contribution in [3.05, 3.63) is 53.3 Å². The molecular weight excluding hydrogens is 515 g/mol. The predicted octanol–water partition coefficient (Wildman–Crippen LogP) is 4.66. The van der Waals surface area contributed by atoms with Gasteiger partial charge in [-0.1, -0.05) is 6.07 Å². The molecule has 200 valence electrons. The molecular formula is C27H33FN2O5S2. The van der Waals surface area contributed by atoms with E-state index in [1.165, 1.54) is 18.4 Å². The van der Waals surface area contributed by atoms with Gasteiger partial charge < -0.3 is 24.6 Å². The number of esters is 1. The average molecular weight is 549 g/mol. The van der Waals surface area contributed by atoms with Crippen molar-refractivity contribution in [2.24, 2.45) is 11.8 Å². The molecule has 0 saturated carbocycles. The molecule has 3 heterocycles. The molecule has 0 unspecified atom stereocenters. The Hall–Kier alpha value is -2.24. The monoisotopic (exact) mass is 548 g/mol. The summed E-state index contributed by atoms with van der Waals surface area (Å²) in [6, 6.07) is 9.07. The molecule has 1 aliphatic heterocycles. The van der Waals surface area contributed by atoms with Gasteiger partial charge in [0.05, 0.1) is 35.7 Å². The van der Waals surface area contributed by atoms with Crippen LogP contribution in [-0.4, -0.2) is 65.7 Å². The van der Waals surface area contributed by atoms with Crippen molar-refractivity contribution in [1.29, 1.82) is 0 Å². The first-order chi connectivity index (χ1) is 17.8. The fraction of sp³-hybridized carbons (Fsp3) is 0.481. The van der Waals surface area contributed by atoms with Gasteiger partial charge in [-0.3, -0.25) is 9.78 Å². The van der Waals surface area contributed by atoms with Gasteiger partial charge >= 0.3 is 5.97 Å². The number of aliphatic hydroxyl groups is 2. The van der Waals surface area contributed by atoms with Crippen LogP contribution in [0.1, 0.15) is 31.2 Å². The van der Waals surface area contributed by atoms with E-state index >= 15 is 0 Å². The maximum atomic E-state index is 14.9. The molecule has 2 aromatic heterocycles. The zero-order valence-corrected chi connectivity index (χ0v) is 22.7. The van der Waals surface area contributed by atoms with Gasteiger partial charge in [-0.05, 0) is 60.9 Å². The van der Waals surface area contributed by atoms with Crippen molar-refractivity contribution < 1.29 is 28.9 Å². The minimum atomic E-state index is -2.40. The molecule has 7 nitrogen and oxygen atoms in total. The molecule has 0 radical (unpaired) electrons. The number of nitrogens with zero attached hydrogens (tertiary/aromatic N) is 2. The zero-order chi connectivity index (χ0) is 26.4. The van der Waals surface area contributed by atoms with E-state index in [0.29, 0.717) is 23.1 Å². The zero-order valence-electron chi connectivity index (χ0n) is 21.1. The van der Waals surface area contributed by atoms with Gasteiger partial charge in [0.15, 0.2) is 11.6 Å². The number of thiophene rings is 1. The Kier molecular flexibility index (Phi) is 9.41. The van der Waals surface area contributed by atoms with Crippen LogP contribution in [0, 0.1) is 17.7 Å². The van der Waals surface area contributed by atoms with Crippen molar-refractivity contribution in [1.82, 2.24) is 9.88 Å². The van der Waals surface area contributed by atoms with Gasteiger partial charge in [-0.25, -0.2) is 4.39 Å². The molecule has 10 heteroatoms. The minimum absolute atomic E-state index is 0.0165. The SMILES string of the molecule is COC(=O)C[C@H]1CN(CCSc2cccs2)CC[C@@H]1CCC(O)(O)c1c(F)cnc2ccc(OC)cc12. The number of carbonyl (C=O) groups excluding carboxylic acids is 1. The van der Waals surface area contributed by atoms with Crippen molar-refractivity contribution in [2.75, 3.05) is 39.6 Å². The number of thioether (sulfide) groups is 1. The lowest BCUT2D eigenvalue weighted by Crippen LogP contribution is -2.43. The summed E-state index contributed by atoms with van der Waals surface area (Å²) >= 11 is 3.56. The molecule has 1 aliphatic rings. The molecule has 0 amide bonds. The number of carbonyl (C=O) groups is 1. The lowest BCUT2D eigenvalue weighted by atomic mass is 9.79. The van der Waals surface area contributed by atoms with Crippen LogP contribution in [0.15, 0.2) is 46.1 Å². The third-order valence-electron chi connectivity index (χ3n) is 7.07. The third-order valence-corrected chi connectivity index (χ3v) is 9.18. The normalized spacial score (nSPS) is 18.7. The second-order valence-corrected chi connectivity index (χ2v) is 11.7. The number of likely N-dealkylation sites (tertiary alicyclic amines) is 1. The fourth-order valence-corrected chi connectivity index (χ4v) is 6.94. The average Bonchev–Trinajstić information content (AvgIpc) is 3.41. The molecule has 3 aromatic rings. The summed E-state index contributed by atoms with van der Waals surface area (Å²) in [6.45, 7) is 2.51. The topological polar surface area (TPSA) is 92.1 Å². The number of aromatic nitrogens is 1. The summed E-state index contributed by atoms with van der Waals surface area (Å²) in [5.74, 6) is -1.93. The van der Waals surface area contributed by atoms with E-state index in [1.807, 2.05) is 17.8 Å². The summed E-state index contributed by atoms with van der Waals surface area (Å²) in [5.41, 5.74) is 0.242. The number of halogens is 1. The number of hydrogen-bond donors (Lipinski definition) is 2. The van der Waals surface area contributed by atoms with E-state index in [1.54, 1.807) is 29.5 Å². The number of hydrogen-bond acceptors (Lipinski definition) is 9. The molecule has 4 rings (SSSR count). The van der Waals surface area contributed by atoms with Crippen LogP contribution in [0.4, 0.5) is 4.39 Å². The fourth-order valence-electron chi connectivity index (χ4n) is 5.08. The number of methoxy groups -OCH3 is 2. The van der Waals surface area contributed by atoms with Gasteiger partial charge in [0.1, 0.15) is 5.75 Å². The summed E-state index contributed by atoms with van der Waals surface area (Å²) in [5, 5.41) is 24.5. The first-order valence-corrected chi connectivity index (χ1v) is 14.2. The maximum Gasteiger partial charge on any atom is 0.305 e. The Morgan fingerprint density at radius 3 is 2.86 bits per heavy atom. The van der Waals surface area contributed by atoms with Gasteiger partial charge in [0.25, 0.3) is 0 Å². The number of piperidine rings is 1. The van der Waals surface area contributed by atoms with E-state index in [0.717, 1.165) is 38.0 Å². The predicted molar refractivity (Wildman–Crippen MR) is 143 cm³/mol. The first-order valence-electron chi connectivity index (χ1n) is 12.3.